The van der Waals surface area contributed by atoms with Crippen LogP contribution in [0.1, 0.15) is 18.1 Å². The topological polar surface area (TPSA) is 37.8 Å². The molecule has 100 valence electrons. The highest BCUT2D eigenvalue weighted by atomic mass is 35.5. The van der Waals surface area contributed by atoms with Gasteiger partial charge in [0.15, 0.2) is 5.16 Å². The average Bonchev–Trinajstić information content (AvgIpc) is 2.45. The Morgan fingerprint density at radius 3 is 2.47 bits per heavy atom. The van der Waals surface area contributed by atoms with Crippen LogP contribution < -0.4 is 5.32 Å². The van der Waals surface area contributed by atoms with Crippen molar-refractivity contribution in [2.24, 2.45) is 0 Å². The van der Waals surface area contributed by atoms with Gasteiger partial charge in [-0.3, -0.25) is 0 Å². The smallest absolute Gasteiger partial charge is 0.190 e. The Balaban J connectivity index is 2.03. The number of halogens is 1. The fourth-order valence-electron chi connectivity index (χ4n) is 1.66. The van der Waals surface area contributed by atoms with E-state index in [1.807, 2.05) is 6.26 Å². The molecule has 0 bridgehead atoms. The van der Waals surface area contributed by atoms with E-state index in [0.29, 0.717) is 10.3 Å². The lowest BCUT2D eigenvalue weighted by atomic mass is 10.1. The van der Waals surface area contributed by atoms with Gasteiger partial charge in [0.2, 0.25) is 0 Å². The van der Waals surface area contributed by atoms with Crippen LogP contribution in [0.4, 0.5) is 5.82 Å². The minimum absolute atomic E-state index is 0.461. The molecule has 0 aliphatic carbocycles. The quantitative estimate of drug-likeness (QED) is 0.513. The second-order valence-corrected chi connectivity index (χ2v) is 5.25. The first-order chi connectivity index (χ1) is 9.21. The normalized spacial score (nSPS) is 10.5. The molecule has 0 spiro atoms. The Hall–Kier alpha value is -1.26. The molecule has 5 heteroatoms. The first kappa shape index (κ1) is 14.2. The highest BCUT2D eigenvalue weighted by Crippen LogP contribution is 2.17. The van der Waals surface area contributed by atoms with Crippen molar-refractivity contribution < 1.29 is 0 Å². The highest BCUT2D eigenvalue weighted by Gasteiger charge is 2.02. The van der Waals surface area contributed by atoms with Crippen molar-refractivity contribution in [3.05, 3.63) is 46.6 Å². The number of rotatable bonds is 5. The Morgan fingerprint density at radius 2 is 1.84 bits per heavy atom. The zero-order valence-electron chi connectivity index (χ0n) is 11.0. The number of hydrogen-bond donors (Lipinski definition) is 1. The van der Waals surface area contributed by atoms with Crippen molar-refractivity contribution in [3.63, 3.8) is 0 Å². The van der Waals surface area contributed by atoms with E-state index < -0.39 is 0 Å². The summed E-state index contributed by atoms with van der Waals surface area (Å²) in [4.78, 5) is 8.46. The van der Waals surface area contributed by atoms with Gasteiger partial charge in [-0.05, 0) is 23.8 Å². The Morgan fingerprint density at radius 1 is 1.16 bits per heavy atom. The molecule has 0 aliphatic rings. The maximum absolute atomic E-state index is 5.95. The number of nitrogens with one attached hydrogen (secondary N) is 1. The molecule has 0 fully saturated rings. The predicted octanol–water partition coefficient (Wildman–Crippen LogP) is 4.03. The molecule has 0 radical (unpaired) electrons. The molecule has 1 aromatic heterocycles. The van der Waals surface area contributed by atoms with E-state index in [2.05, 4.69) is 46.5 Å². The van der Waals surface area contributed by atoms with Gasteiger partial charge in [-0.2, -0.15) is 0 Å². The van der Waals surface area contributed by atoms with Crippen LogP contribution in [0.15, 0.2) is 35.5 Å². The summed E-state index contributed by atoms with van der Waals surface area (Å²) in [5.74, 6) is 0.754. The average molecular weight is 294 g/mol. The Labute approximate surface area is 122 Å². The SMILES string of the molecule is CCc1ccc(CNc2cc(Cl)nc(SC)n2)cc1. The number of aryl methyl sites for hydroxylation is 1. The van der Waals surface area contributed by atoms with Gasteiger partial charge in [0, 0.05) is 12.6 Å². The molecule has 0 saturated heterocycles. The molecule has 19 heavy (non-hydrogen) atoms. The molecule has 0 atom stereocenters. The molecule has 2 aromatic rings. The van der Waals surface area contributed by atoms with Crippen LogP contribution in [-0.4, -0.2) is 16.2 Å². The molecule has 2 rings (SSSR count). The number of hydrogen-bond acceptors (Lipinski definition) is 4. The van der Waals surface area contributed by atoms with E-state index in [-0.39, 0.29) is 0 Å². The number of benzene rings is 1. The maximum Gasteiger partial charge on any atom is 0.190 e. The molecule has 0 aliphatic heterocycles. The van der Waals surface area contributed by atoms with Gasteiger partial charge in [-0.25, -0.2) is 9.97 Å². The van der Waals surface area contributed by atoms with Crippen molar-refractivity contribution in [1.29, 1.82) is 0 Å². The van der Waals surface area contributed by atoms with E-state index >= 15 is 0 Å². The third-order valence-corrected chi connectivity index (χ3v) is 3.50. The lowest BCUT2D eigenvalue weighted by Gasteiger charge is -2.07. The first-order valence-electron chi connectivity index (χ1n) is 6.11. The lowest BCUT2D eigenvalue weighted by molar-refractivity contribution is 0.956. The van der Waals surface area contributed by atoms with Gasteiger partial charge < -0.3 is 5.32 Å². The van der Waals surface area contributed by atoms with E-state index in [4.69, 9.17) is 11.6 Å². The maximum atomic E-state index is 5.95. The summed E-state index contributed by atoms with van der Waals surface area (Å²) >= 11 is 7.42. The third kappa shape index (κ3) is 4.11. The molecule has 0 saturated carbocycles. The number of thioether (sulfide) groups is 1. The van der Waals surface area contributed by atoms with Crippen LogP contribution >= 0.6 is 23.4 Å². The van der Waals surface area contributed by atoms with Crippen LogP contribution in [0.5, 0.6) is 0 Å². The number of nitrogens with zero attached hydrogens (tertiary/aromatic N) is 2. The van der Waals surface area contributed by atoms with Gasteiger partial charge in [-0.1, -0.05) is 54.6 Å². The third-order valence-electron chi connectivity index (χ3n) is 2.76. The molecule has 3 nitrogen and oxygen atoms in total. The summed E-state index contributed by atoms with van der Waals surface area (Å²) in [7, 11) is 0. The number of aromatic nitrogens is 2. The Bertz CT molecular complexity index is 543. The van der Waals surface area contributed by atoms with Gasteiger partial charge in [0.05, 0.1) is 0 Å². The van der Waals surface area contributed by atoms with Crippen molar-refractivity contribution >= 4 is 29.2 Å². The highest BCUT2D eigenvalue weighted by molar-refractivity contribution is 7.98. The van der Waals surface area contributed by atoms with Crippen molar-refractivity contribution in [1.82, 2.24) is 9.97 Å². The summed E-state index contributed by atoms with van der Waals surface area (Å²) in [5.41, 5.74) is 2.57. The summed E-state index contributed by atoms with van der Waals surface area (Å²) in [6.07, 6.45) is 2.99. The minimum atomic E-state index is 0.461. The standard InChI is InChI=1S/C14H16ClN3S/c1-3-10-4-6-11(7-5-10)9-16-13-8-12(15)17-14(18-13)19-2/h4-8H,3,9H2,1-2H3,(H,16,17,18). The van der Waals surface area contributed by atoms with Crippen LogP contribution in [0.2, 0.25) is 5.15 Å². The monoisotopic (exact) mass is 293 g/mol. The largest absolute Gasteiger partial charge is 0.366 e. The van der Waals surface area contributed by atoms with Crippen LogP contribution in [0.3, 0.4) is 0 Å². The molecule has 1 aromatic carbocycles. The van der Waals surface area contributed by atoms with Crippen LogP contribution in [0, 0.1) is 0 Å². The first-order valence-corrected chi connectivity index (χ1v) is 7.71. The van der Waals surface area contributed by atoms with Crippen molar-refractivity contribution in [2.45, 2.75) is 25.0 Å². The van der Waals surface area contributed by atoms with E-state index in [9.17, 15) is 0 Å². The van der Waals surface area contributed by atoms with Crippen molar-refractivity contribution in [3.8, 4) is 0 Å². The zero-order chi connectivity index (χ0) is 13.7. The van der Waals surface area contributed by atoms with E-state index in [0.717, 1.165) is 18.8 Å². The summed E-state index contributed by atoms with van der Waals surface area (Å²) in [5, 5.41) is 4.40. The molecule has 0 amide bonds. The minimum Gasteiger partial charge on any atom is -0.366 e. The van der Waals surface area contributed by atoms with Gasteiger partial charge in [0.25, 0.3) is 0 Å². The van der Waals surface area contributed by atoms with E-state index in [1.54, 1.807) is 6.07 Å². The van der Waals surface area contributed by atoms with Gasteiger partial charge in [0.1, 0.15) is 11.0 Å². The molecule has 1 N–H and O–H groups in total. The van der Waals surface area contributed by atoms with E-state index in [1.165, 1.54) is 22.9 Å². The Kier molecular flexibility index (Phi) is 5.05. The summed E-state index contributed by atoms with van der Waals surface area (Å²) in [6, 6.07) is 10.3. The lowest BCUT2D eigenvalue weighted by Crippen LogP contribution is -2.02. The second kappa shape index (κ2) is 6.78. The van der Waals surface area contributed by atoms with Gasteiger partial charge >= 0.3 is 0 Å². The molecule has 1 heterocycles. The van der Waals surface area contributed by atoms with Crippen LogP contribution in [0.25, 0.3) is 0 Å². The van der Waals surface area contributed by atoms with Gasteiger partial charge in [-0.15, -0.1) is 0 Å². The summed E-state index contributed by atoms with van der Waals surface area (Å²) < 4.78 is 0. The van der Waals surface area contributed by atoms with Crippen LogP contribution in [-0.2, 0) is 13.0 Å². The summed E-state index contributed by atoms with van der Waals surface area (Å²) in [6.45, 7) is 2.88. The molecular weight excluding hydrogens is 278 g/mol. The molecule has 0 unspecified atom stereocenters. The fraction of sp³-hybridized carbons (Fsp3) is 0.286. The predicted molar refractivity (Wildman–Crippen MR) is 82.0 cm³/mol. The van der Waals surface area contributed by atoms with Crippen molar-refractivity contribution in [2.75, 3.05) is 11.6 Å². The fourth-order valence-corrected chi connectivity index (χ4v) is 2.28. The zero-order valence-corrected chi connectivity index (χ0v) is 12.6. The number of anilines is 1. The molecular formula is C14H16ClN3S. The second-order valence-electron chi connectivity index (χ2n) is 4.09.